The van der Waals surface area contributed by atoms with Crippen LogP contribution < -0.4 is 5.32 Å². The van der Waals surface area contributed by atoms with E-state index in [1.807, 2.05) is 4.90 Å². The Morgan fingerprint density at radius 3 is 2.95 bits per heavy atom. The molecular weight excluding hydrogens is 323 g/mol. The van der Waals surface area contributed by atoms with Crippen molar-refractivity contribution in [1.82, 2.24) is 10.2 Å². The van der Waals surface area contributed by atoms with Crippen molar-refractivity contribution < 1.29 is 9.18 Å². The minimum absolute atomic E-state index is 0.133. The van der Waals surface area contributed by atoms with Crippen molar-refractivity contribution in [2.75, 3.05) is 13.1 Å². The summed E-state index contributed by atoms with van der Waals surface area (Å²) in [7, 11) is 0. The minimum atomic E-state index is -0.186. The van der Waals surface area contributed by atoms with Gasteiger partial charge in [0.1, 0.15) is 5.82 Å². The molecule has 0 radical (unpaired) electrons. The van der Waals surface area contributed by atoms with Crippen LogP contribution in [0.3, 0.4) is 0 Å². The predicted molar refractivity (Wildman–Crippen MR) is 80.8 cm³/mol. The Morgan fingerprint density at radius 2 is 2.30 bits per heavy atom. The molecule has 2 rings (SSSR count). The summed E-state index contributed by atoms with van der Waals surface area (Å²) in [4.78, 5) is 13.2. The molecule has 0 bridgehead atoms. The summed E-state index contributed by atoms with van der Waals surface area (Å²) in [6.45, 7) is 5.80. The molecule has 1 N–H and O–H groups in total. The third-order valence-corrected chi connectivity index (χ3v) is 4.41. The highest BCUT2D eigenvalue weighted by atomic mass is 79.9. The number of carbonyl (C=O) groups excluding carboxylic acids is 1. The average molecular weight is 343 g/mol. The van der Waals surface area contributed by atoms with E-state index in [9.17, 15) is 9.18 Å². The molecular formula is C15H20BrFN2O. The second kappa shape index (κ2) is 6.68. The molecule has 1 fully saturated rings. The first-order chi connectivity index (χ1) is 9.47. The summed E-state index contributed by atoms with van der Waals surface area (Å²) in [6, 6.07) is 5.30. The average Bonchev–Trinajstić information content (AvgIpc) is 2.40. The molecule has 1 aromatic rings. The van der Waals surface area contributed by atoms with Gasteiger partial charge in [-0.2, -0.15) is 0 Å². The highest BCUT2D eigenvalue weighted by Gasteiger charge is 2.26. The Balaban J connectivity index is 1.91. The van der Waals surface area contributed by atoms with Crippen molar-refractivity contribution in [2.45, 2.75) is 32.9 Å². The van der Waals surface area contributed by atoms with Gasteiger partial charge in [-0.05, 0) is 30.5 Å². The summed E-state index contributed by atoms with van der Waals surface area (Å²) < 4.78 is 14.6. The molecule has 2 atom stereocenters. The Kier molecular flexibility index (Phi) is 5.16. The number of nitrogens with zero attached hydrogens (tertiary/aromatic N) is 1. The quantitative estimate of drug-likeness (QED) is 0.915. The lowest BCUT2D eigenvalue weighted by Gasteiger charge is -2.37. The van der Waals surface area contributed by atoms with Crippen molar-refractivity contribution in [1.29, 1.82) is 0 Å². The van der Waals surface area contributed by atoms with Crippen LogP contribution in [-0.4, -0.2) is 29.9 Å². The van der Waals surface area contributed by atoms with E-state index >= 15 is 0 Å². The van der Waals surface area contributed by atoms with Gasteiger partial charge in [0.2, 0.25) is 5.91 Å². The van der Waals surface area contributed by atoms with E-state index in [1.165, 1.54) is 6.07 Å². The zero-order valence-corrected chi connectivity index (χ0v) is 13.4. The monoisotopic (exact) mass is 342 g/mol. The van der Waals surface area contributed by atoms with Gasteiger partial charge in [0.25, 0.3) is 0 Å². The predicted octanol–water partition coefficient (Wildman–Crippen LogP) is 2.93. The molecule has 0 unspecified atom stereocenters. The number of halogens is 2. The first kappa shape index (κ1) is 15.4. The van der Waals surface area contributed by atoms with Gasteiger partial charge in [-0.3, -0.25) is 4.79 Å². The fourth-order valence-electron chi connectivity index (χ4n) is 2.65. The van der Waals surface area contributed by atoms with Crippen LogP contribution in [0.25, 0.3) is 0 Å². The maximum absolute atomic E-state index is 13.7. The van der Waals surface area contributed by atoms with Crippen molar-refractivity contribution in [2.24, 2.45) is 5.92 Å². The van der Waals surface area contributed by atoms with E-state index in [4.69, 9.17) is 0 Å². The van der Waals surface area contributed by atoms with Gasteiger partial charge in [-0.1, -0.05) is 22.9 Å². The first-order valence-corrected chi connectivity index (χ1v) is 7.69. The number of amides is 1. The molecule has 1 heterocycles. The zero-order valence-electron chi connectivity index (χ0n) is 11.8. The lowest BCUT2D eigenvalue weighted by Crippen LogP contribution is -2.49. The van der Waals surface area contributed by atoms with Crippen molar-refractivity contribution in [3.63, 3.8) is 0 Å². The molecule has 3 nitrogen and oxygen atoms in total. The Morgan fingerprint density at radius 1 is 1.55 bits per heavy atom. The van der Waals surface area contributed by atoms with Crippen LogP contribution in [0.4, 0.5) is 4.39 Å². The van der Waals surface area contributed by atoms with Gasteiger partial charge in [-0.15, -0.1) is 0 Å². The third-order valence-electron chi connectivity index (χ3n) is 3.91. The van der Waals surface area contributed by atoms with E-state index in [1.54, 1.807) is 19.1 Å². The third kappa shape index (κ3) is 3.79. The molecule has 1 aromatic carbocycles. The van der Waals surface area contributed by atoms with Crippen LogP contribution in [0.1, 0.15) is 25.8 Å². The molecule has 1 saturated heterocycles. The summed E-state index contributed by atoms with van der Waals surface area (Å²) in [5.74, 6) is 0.325. The standard InChI is InChI=1S/C15H20BrFN2O/c1-10-9-19(11(2)20)6-5-15(10)18-8-12-7-13(16)3-4-14(12)17/h3-4,7,10,15,18H,5-6,8-9H2,1-2H3/t10-,15+/m0/s1. The number of carbonyl (C=O) groups is 1. The molecule has 110 valence electrons. The number of nitrogens with one attached hydrogen (secondary N) is 1. The van der Waals surface area contributed by atoms with Gasteiger partial charge >= 0.3 is 0 Å². The Hall–Kier alpha value is -0.940. The smallest absolute Gasteiger partial charge is 0.219 e. The number of benzene rings is 1. The van der Waals surface area contributed by atoms with Crippen LogP contribution in [0.5, 0.6) is 0 Å². The largest absolute Gasteiger partial charge is 0.343 e. The van der Waals surface area contributed by atoms with Gasteiger partial charge < -0.3 is 10.2 Å². The maximum Gasteiger partial charge on any atom is 0.219 e. The second-order valence-electron chi connectivity index (χ2n) is 5.45. The molecule has 0 saturated carbocycles. The van der Waals surface area contributed by atoms with E-state index in [0.29, 0.717) is 24.1 Å². The molecule has 0 spiro atoms. The summed E-state index contributed by atoms with van der Waals surface area (Å²) in [5.41, 5.74) is 0.667. The SMILES string of the molecule is CC(=O)N1CC[C@@H](NCc2cc(Br)ccc2F)[C@@H](C)C1. The number of hydrogen-bond donors (Lipinski definition) is 1. The van der Waals surface area contributed by atoms with Crippen molar-refractivity contribution in [3.8, 4) is 0 Å². The van der Waals surface area contributed by atoms with E-state index in [-0.39, 0.29) is 11.7 Å². The lowest BCUT2D eigenvalue weighted by molar-refractivity contribution is -0.130. The number of piperidine rings is 1. The summed E-state index contributed by atoms with van der Waals surface area (Å²) in [5, 5.41) is 3.42. The summed E-state index contributed by atoms with van der Waals surface area (Å²) in [6.07, 6.45) is 0.913. The van der Waals surface area contributed by atoms with Crippen LogP contribution in [0, 0.1) is 11.7 Å². The topological polar surface area (TPSA) is 32.3 Å². The minimum Gasteiger partial charge on any atom is -0.343 e. The van der Waals surface area contributed by atoms with Crippen LogP contribution in [-0.2, 0) is 11.3 Å². The molecule has 20 heavy (non-hydrogen) atoms. The van der Waals surface area contributed by atoms with Crippen LogP contribution in [0.15, 0.2) is 22.7 Å². The normalized spacial score (nSPS) is 22.9. The van der Waals surface area contributed by atoms with Crippen molar-refractivity contribution in [3.05, 3.63) is 34.1 Å². The molecule has 0 aliphatic carbocycles. The zero-order chi connectivity index (χ0) is 14.7. The highest BCUT2D eigenvalue weighted by molar-refractivity contribution is 9.10. The fraction of sp³-hybridized carbons (Fsp3) is 0.533. The summed E-state index contributed by atoms with van der Waals surface area (Å²) >= 11 is 3.36. The fourth-order valence-corrected chi connectivity index (χ4v) is 3.06. The number of likely N-dealkylation sites (tertiary alicyclic amines) is 1. The second-order valence-corrected chi connectivity index (χ2v) is 6.37. The molecule has 0 aromatic heterocycles. The van der Waals surface area contributed by atoms with Crippen LogP contribution >= 0.6 is 15.9 Å². The van der Waals surface area contributed by atoms with Crippen molar-refractivity contribution >= 4 is 21.8 Å². The molecule has 1 aliphatic rings. The van der Waals surface area contributed by atoms with E-state index in [2.05, 4.69) is 28.2 Å². The van der Waals surface area contributed by atoms with Gasteiger partial charge in [0.15, 0.2) is 0 Å². The lowest BCUT2D eigenvalue weighted by atomic mass is 9.93. The number of hydrogen-bond acceptors (Lipinski definition) is 2. The molecule has 1 amide bonds. The first-order valence-electron chi connectivity index (χ1n) is 6.90. The number of rotatable bonds is 3. The highest BCUT2D eigenvalue weighted by Crippen LogP contribution is 2.19. The van der Waals surface area contributed by atoms with E-state index in [0.717, 1.165) is 24.0 Å². The molecule has 5 heteroatoms. The Bertz CT molecular complexity index is 495. The van der Waals surface area contributed by atoms with Gasteiger partial charge in [-0.25, -0.2) is 4.39 Å². The maximum atomic E-state index is 13.7. The van der Waals surface area contributed by atoms with E-state index < -0.39 is 0 Å². The van der Waals surface area contributed by atoms with Crippen LogP contribution in [0.2, 0.25) is 0 Å². The molecule has 1 aliphatic heterocycles. The van der Waals surface area contributed by atoms with Gasteiger partial charge in [0, 0.05) is 42.6 Å². The van der Waals surface area contributed by atoms with Gasteiger partial charge in [0.05, 0.1) is 0 Å². The Labute approximate surface area is 127 Å².